The number of nitrogens with zero attached hydrogens (tertiary/aromatic N) is 3. The van der Waals surface area contributed by atoms with Crippen molar-refractivity contribution in [1.82, 2.24) is 9.97 Å². The van der Waals surface area contributed by atoms with Crippen molar-refractivity contribution in [2.75, 3.05) is 24.7 Å². The second kappa shape index (κ2) is 6.87. The van der Waals surface area contributed by atoms with E-state index in [2.05, 4.69) is 9.88 Å². The predicted molar refractivity (Wildman–Crippen MR) is 92.8 cm³/mol. The van der Waals surface area contributed by atoms with E-state index in [4.69, 9.17) is 9.72 Å². The highest BCUT2D eigenvalue weighted by Crippen LogP contribution is 2.33. The van der Waals surface area contributed by atoms with E-state index >= 15 is 0 Å². The van der Waals surface area contributed by atoms with Crippen LogP contribution in [0.5, 0.6) is 0 Å². The molecule has 5 heteroatoms. The largest absolute Gasteiger partial charge is 0.393 e. The standard InChI is InChI=1S/C19H23N3O2/c23-18-8-10-24-13-15(18)17-7-4-9-22(17)19-12-20-11-16(21-19)14-5-2-1-3-6-14/h1-3,5-6,11-12,15,17-18,23H,4,7-10,13H2. The van der Waals surface area contributed by atoms with Crippen molar-refractivity contribution >= 4 is 5.82 Å². The molecule has 0 amide bonds. The summed E-state index contributed by atoms with van der Waals surface area (Å²) in [6, 6.07) is 10.4. The topological polar surface area (TPSA) is 58.5 Å². The van der Waals surface area contributed by atoms with E-state index < -0.39 is 0 Å². The predicted octanol–water partition coefficient (Wildman–Crippen LogP) is 2.51. The third-order valence-electron chi connectivity index (χ3n) is 5.14. The van der Waals surface area contributed by atoms with E-state index in [0.29, 0.717) is 13.2 Å². The van der Waals surface area contributed by atoms with E-state index in [1.54, 1.807) is 0 Å². The van der Waals surface area contributed by atoms with E-state index in [9.17, 15) is 5.11 Å². The van der Waals surface area contributed by atoms with E-state index in [0.717, 1.165) is 42.9 Å². The van der Waals surface area contributed by atoms with Gasteiger partial charge in [0.1, 0.15) is 5.82 Å². The van der Waals surface area contributed by atoms with Gasteiger partial charge < -0.3 is 14.7 Å². The normalized spacial score (nSPS) is 27.4. The first kappa shape index (κ1) is 15.5. The Balaban J connectivity index is 1.60. The fraction of sp³-hybridized carbons (Fsp3) is 0.474. The second-order valence-corrected chi connectivity index (χ2v) is 6.63. The van der Waals surface area contributed by atoms with Gasteiger partial charge in [0.15, 0.2) is 0 Å². The first-order valence-corrected chi connectivity index (χ1v) is 8.73. The zero-order chi connectivity index (χ0) is 16.4. The summed E-state index contributed by atoms with van der Waals surface area (Å²) in [5.74, 6) is 1.06. The van der Waals surface area contributed by atoms with Gasteiger partial charge in [-0.05, 0) is 19.3 Å². The highest BCUT2D eigenvalue weighted by molar-refractivity contribution is 5.60. The fourth-order valence-electron chi connectivity index (χ4n) is 3.88. The van der Waals surface area contributed by atoms with Crippen LogP contribution in [-0.4, -0.2) is 47.0 Å². The number of hydrogen-bond acceptors (Lipinski definition) is 5. The Hall–Kier alpha value is -1.98. The summed E-state index contributed by atoms with van der Waals surface area (Å²) >= 11 is 0. The first-order chi connectivity index (χ1) is 11.8. The quantitative estimate of drug-likeness (QED) is 0.940. The Bertz CT molecular complexity index is 679. The third-order valence-corrected chi connectivity index (χ3v) is 5.14. The van der Waals surface area contributed by atoms with Gasteiger partial charge in [0.25, 0.3) is 0 Å². The summed E-state index contributed by atoms with van der Waals surface area (Å²) in [4.78, 5) is 11.5. The molecule has 0 saturated carbocycles. The van der Waals surface area contributed by atoms with Gasteiger partial charge in [-0.25, -0.2) is 4.98 Å². The van der Waals surface area contributed by atoms with Crippen LogP contribution in [0.3, 0.4) is 0 Å². The Labute approximate surface area is 142 Å². The molecular formula is C19H23N3O2. The van der Waals surface area contributed by atoms with Crippen LogP contribution in [0, 0.1) is 5.92 Å². The Morgan fingerprint density at radius 1 is 1.12 bits per heavy atom. The number of aromatic nitrogens is 2. The second-order valence-electron chi connectivity index (χ2n) is 6.63. The number of benzene rings is 1. The minimum atomic E-state index is -0.283. The van der Waals surface area contributed by atoms with Gasteiger partial charge in [0, 0.05) is 30.7 Å². The molecule has 2 saturated heterocycles. The van der Waals surface area contributed by atoms with Crippen molar-refractivity contribution in [3.05, 3.63) is 42.7 Å². The van der Waals surface area contributed by atoms with Crippen LogP contribution in [0.4, 0.5) is 5.82 Å². The van der Waals surface area contributed by atoms with Crippen LogP contribution in [0.25, 0.3) is 11.3 Å². The minimum Gasteiger partial charge on any atom is -0.393 e. The molecule has 2 fully saturated rings. The Morgan fingerprint density at radius 2 is 2.00 bits per heavy atom. The van der Waals surface area contributed by atoms with Crippen molar-refractivity contribution in [3.8, 4) is 11.3 Å². The SMILES string of the molecule is OC1CCOCC1C1CCCN1c1cncc(-c2ccccc2)n1. The third kappa shape index (κ3) is 3.01. The number of rotatable bonds is 3. The summed E-state index contributed by atoms with van der Waals surface area (Å²) in [6.45, 7) is 2.25. The van der Waals surface area contributed by atoms with E-state index in [-0.39, 0.29) is 18.1 Å². The summed E-state index contributed by atoms with van der Waals surface area (Å²) in [5, 5.41) is 10.4. The van der Waals surface area contributed by atoms with E-state index in [1.807, 2.05) is 42.7 Å². The molecule has 4 rings (SSSR count). The lowest BCUT2D eigenvalue weighted by atomic mass is 9.89. The summed E-state index contributed by atoms with van der Waals surface area (Å²) in [7, 11) is 0. The van der Waals surface area contributed by atoms with Crippen molar-refractivity contribution in [3.63, 3.8) is 0 Å². The average molecular weight is 325 g/mol. The van der Waals surface area contributed by atoms with Crippen molar-refractivity contribution < 1.29 is 9.84 Å². The lowest BCUT2D eigenvalue weighted by Crippen LogP contribution is -2.46. The van der Waals surface area contributed by atoms with Crippen molar-refractivity contribution in [2.45, 2.75) is 31.4 Å². The maximum Gasteiger partial charge on any atom is 0.148 e. The average Bonchev–Trinajstić information content (AvgIpc) is 3.12. The molecule has 24 heavy (non-hydrogen) atoms. The van der Waals surface area contributed by atoms with Gasteiger partial charge in [-0.15, -0.1) is 0 Å². The molecule has 3 unspecified atom stereocenters. The van der Waals surface area contributed by atoms with Crippen molar-refractivity contribution in [2.24, 2.45) is 5.92 Å². The maximum absolute atomic E-state index is 10.4. The van der Waals surface area contributed by atoms with Crippen LogP contribution in [0.1, 0.15) is 19.3 Å². The van der Waals surface area contributed by atoms with Gasteiger partial charge in [-0.2, -0.15) is 0 Å². The van der Waals surface area contributed by atoms with Crippen LogP contribution in [-0.2, 0) is 4.74 Å². The summed E-state index contributed by atoms with van der Waals surface area (Å²) < 4.78 is 5.62. The van der Waals surface area contributed by atoms with Gasteiger partial charge in [0.2, 0.25) is 0 Å². The van der Waals surface area contributed by atoms with Gasteiger partial charge in [-0.1, -0.05) is 30.3 Å². The van der Waals surface area contributed by atoms with Crippen LogP contribution < -0.4 is 4.90 Å². The Kier molecular flexibility index (Phi) is 4.45. The number of ether oxygens (including phenoxy) is 1. The molecule has 1 aromatic heterocycles. The van der Waals surface area contributed by atoms with Gasteiger partial charge in [-0.3, -0.25) is 4.98 Å². The van der Waals surface area contributed by atoms with Gasteiger partial charge in [0.05, 0.1) is 30.8 Å². The molecule has 0 aliphatic carbocycles. The van der Waals surface area contributed by atoms with E-state index in [1.165, 1.54) is 0 Å². The Morgan fingerprint density at radius 3 is 2.83 bits per heavy atom. The molecule has 0 radical (unpaired) electrons. The molecule has 0 spiro atoms. The smallest absolute Gasteiger partial charge is 0.148 e. The molecule has 0 bridgehead atoms. The van der Waals surface area contributed by atoms with Crippen LogP contribution >= 0.6 is 0 Å². The summed E-state index contributed by atoms with van der Waals surface area (Å²) in [6.07, 6.45) is 6.27. The van der Waals surface area contributed by atoms with Gasteiger partial charge >= 0.3 is 0 Å². The lowest BCUT2D eigenvalue weighted by molar-refractivity contribution is -0.0438. The van der Waals surface area contributed by atoms with Crippen molar-refractivity contribution in [1.29, 1.82) is 0 Å². The minimum absolute atomic E-state index is 0.156. The molecule has 126 valence electrons. The molecule has 5 nitrogen and oxygen atoms in total. The molecule has 3 heterocycles. The molecule has 3 atom stereocenters. The van der Waals surface area contributed by atoms with Crippen LogP contribution in [0.15, 0.2) is 42.7 Å². The highest BCUT2D eigenvalue weighted by atomic mass is 16.5. The maximum atomic E-state index is 10.4. The molecule has 2 aliphatic heterocycles. The lowest BCUT2D eigenvalue weighted by Gasteiger charge is -2.37. The molecule has 2 aliphatic rings. The number of hydrogen-bond donors (Lipinski definition) is 1. The summed E-state index contributed by atoms with van der Waals surface area (Å²) in [5.41, 5.74) is 1.96. The zero-order valence-corrected chi connectivity index (χ0v) is 13.7. The monoisotopic (exact) mass is 325 g/mol. The molecule has 1 aromatic carbocycles. The number of aliphatic hydroxyl groups is 1. The molecule has 2 aromatic rings. The number of anilines is 1. The molecular weight excluding hydrogens is 302 g/mol. The molecule has 1 N–H and O–H groups in total. The number of aliphatic hydroxyl groups excluding tert-OH is 1. The highest BCUT2D eigenvalue weighted by Gasteiger charge is 2.38. The zero-order valence-electron chi connectivity index (χ0n) is 13.7. The first-order valence-electron chi connectivity index (χ1n) is 8.73. The fourth-order valence-corrected chi connectivity index (χ4v) is 3.88. The van der Waals surface area contributed by atoms with Crippen LogP contribution in [0.2, 0.25) is 0 Å².